The van der Waals surface area contributed by atoms with Crippen LogP contribution in [0.25, 0.3) is 0 Å². The Morgan fingerprint density at radius 1 is 1.40 bits per heavy atom. The van der Waals surface area contributed by atoms with E-state index >= 15 is 0 Å². The highest BCUT2D eigenvalue weighted by molar-refractivity contribution is 7.83. The molecule has 0 aromatic heterocycles. The maximum atomic E-state index is 14.1. The highest BCUT2D eigenvalue weighted by Crippen LogP contribution is 2.30. The third-order valence-corrected chi connectivity index (χ3v) is 5.14. The zero-order valence-electron chi connectivity index (χ0n) is 11.9. The second-order valence-electron chi connectivity index (χ2n) is 4.84. The number of nitrogens with one attached hydrogen (secondary N) is 1. The van der Waals surface area contributed by atoms with Crippen LogP contribution in [0.15, 0.2) is 24.3 Å². The smallest absolute Gasteiger partial charge is 0.128 e. The fourth-order valence-electron chi connectivity index (χ4n) is 1.85. The number of benzene rings is 1. The van der Waals surface area contributed by atoms with Gasteiger partial charge in [0, 0.05) is 10.8 Å². The summed E-state index contributed by atoms with van der Waals surface area (Å²) in [5.74, 6) is -0.639. The molecule has 4 atom stereocenters. The zero-order chi connectivity index (χ0) is 15.3. The molecule has 0 bridgehead atoms. The minimum absolute atomic E-state index is 0.0193. The number of halogens is 2. The monoisotopic (exact) mass is 305 g/mol. The van der Waals surface area contributed by atoms with Crippen LogP contribution in [0.5, 0.6) is 0 Å². The number of aliphatic hydroxyl groups is 1. The average molecular weight is 305 g/mol. The summed E-state index contributed by atoms with van der Waals surface area (Å²) in [6.07, 6.45) is -0.989. The molecule has 0 aliphatic carbocycles. The van der Waals surface area contributed by atoms with Crippen molar-refractivity contribution >= 4 is 11.0 Å². The Labute approximate surface area is 121 Å². The molecule has 0 aliphatic rings. The van der Waals surface area contributed by atoms with Crippen molar-refractivity contribution in [1.82, 2.24) is 4.72 Å². The maximum absolute atomic E-state index is 14.1. The molecule has 1 unspecified atom stereocenters. The van der Waals surface area contributed by atoms with E-state index < -0.39 is 35.1 Å². The molecule has 2 N–H and O–H groups in total. The van der Waals surface area contributed by atoms with Crippen LogP contribution >= 0.6 is 0 Å². The van der Waals surface area contributed by atoms with Crippen LogP contribution in [0.4, 0.5) is 8.78 Å². The molecule has 114 valence electrons. The van der Waals surface area contributed by atoms with Crippen molar-refractivity contribution in [3.63, 3.8) is 0 Å². The van der Waals surface area contributed by atoms with E-state index in [1.54, 1.807) is 13.0 Å². The predicted octanol–water partition coefficient (Wildman–Crippen LogP) is 2.42. The van der Waals surface area contributed by atoms with Crippen molar-refractivity contribution in [3.05, 3.63) is 35.6 Å². The molecule has 0 saturated heterocycles. The molecule has 20 heavy (non-hydrogen) atoms. The van der Waals surface area contributed by atoms with Crippen molar-refractivity contribution < 1.29 is 18.1 Å². The van der Waals surface area contributed by atoms with Crippen molar-refractivity contribution in [2.45, 2.75) is 44.2 Å². The average Bonchev–Trinajstić information content (AvgIpc) is 2.44. The highest BCUT2D eigenvalue weighted by atomic mass is 32.2. The van der Waals surface area contributed by atoms with Crippen LogP contribution in [0.3, 0.4) is 0 Å². The van der Waals surface area contributed by atoms with Gasteiger partial charge in [0.2, 0.25) is 0 Å². The van der Waals surface area contributed by atoms with E-state index in [1.807, 2.05) is 6.92 Å². The molecule has 0 fully saturated rings. The summed E-state index contributed by atoms with van der Waals surface area (Å²) in [7, 11) is -1.58. The molecule has 6 heteroatoms. The Hall–Kier alpha value is -0.850. The molecule has 0 heterocycles. The Morgan fingerprint density at radius 3 is 2.45 bits per heavy atom. The second-order valence-corrected chi connectivity index (χ2v) is 6.45. The van der Waals surface area contributed by atoms with Crippen molar-refractivity contribution in [3.8, 4) is 0 Å². The molecule has 3 nitrogen and oxygen atoms in total. The molecule has 0 amide bonds. The van der Waals surface area contributed by atoms with Crippen molar-refractivity contribution in [2.24, 2.45) is 0 Å². The van der Waals surface area contributed by atoms with Gasteiger partial charge in [-0.05, 0) is 26.3 Å². The van der Waals surface area contributed by atoms with Crippen molar-refractivity contribution in [1.29, 1.82) is 0 Å². The summed E-state index contributed by atoms with van der Waals surface area (Å²) in [6.45, 7) is 4.12. The van der Waals surface area contributed by atoms with Gasteiger partial charge in [-0.3, -0.25) is 0 Å². The van der Waals surface area contributed by atoms with Gasteiger partial charge < -0.3 is 5.11 Å². The standard InChI is InChI=1S/C14H21F2NO2S/c1-4-10(2)20(19)17-14(9-18,11(3)15)12-7-5-6-8-13(12)16/h5-8,10-11,17-18H,4,9H2,1-3H3/t10-,11-,14-,20?/m1/s1. The lowest BCUT2D eigenvalue weighted by Gasteiger charge is -2.35. The van der Waals surface area contributed by atoms with Crippen LogP contribution in [0.1, 0.15) is 32.8 Å². The first-order valence-corrected chi connectivity index (χ1v) is 7.78. The zero-order valence-corrected chi connectivity index (χ0v) is 12.7. The van der Waals surface area contributed by atoms with E-state index in [9.17, 15) is 18.1 Å². The van der Waals surface area contributed by atoms with Gasteiger partial charge in [0.25, 0.3) is 0 Å². The van der Waals surface area contributed by atoms with Gasteiger partial charge in [-0.1, -0.05) is 25.1 Å². The Kier molecular flexibility index (Phi) is 6.23. The molecule has 1 aromatic rings. The largest absolute Gasteiger partial charge is 0.394 e. The van der Waals surface area contributed by atoms with E-state index in [1.165, 1.54) is 25.1 Å². The normalized spacial score (nSPS) is 19.1. The molecule has 1 rings (SSSR count). The third-order valence-electron chi connectivity index (χ3n) is 3.51. The molecule has 0 spiro atoms. The van der Waals surface area contributed by atoms with Gasteiger partial charge in [-0.25, -0.2) is 17.7 Å². The van der Waals surface area contributed by atoms with Crippen LogP contribution in [-0.4, -0.2) is 27.3 Å². The molecular formula is C14H21F2NO2S. The maximum Gasteiger partial charge on any atom is 0.128 e. The third kappa shape index (κ3) is 3.42. The summed E-state index contributed by atoms with van der Waals surface area (Å²) < 4.78 is 42.8. The van der Waals surface area contributed by atoms with Crippen LogP contribution in [0.2, 0.25) is 0 Å². The lowest BCUT2D eigenvalue weighted by Crippen LogP contribution is -2.54. The first kappa shape index (κ1) is 17.2. The number of alkyl halides is 1. The number of hydrogen-bond acceptors (Lipinski definition) is 2. The van der Waals surface area contributed by atoms with E-state index in [0.717, 1.165) is 0 Å². The summed E-state index contributed by atoms with van der Waals surface area (Å²) in [5.41, 5.74) is -1.73. The lowest BCUT2D eigenvalue weighted by atomic mass is 9.87. The van der Waals surface area contributed by atoms with Gasteiger partial charge in [0.1, 0.15) is 17.5 Å². The molecule has 0 saturated carbocycles. The van der Waals surface area contributed by atoms with E-state index in [4.69, 9.17) is 0 Å². The molecule has 0 aliphatic heterocycles. The van der Waals surface area contributed by atoms with E-state index in [-0.39, 0.29) is 10.8 Å². The van der Waals surface area contributed by atoms with Crippen LogP contribution < -0.4 is 4.72 Å². The fraction of sp³-hybridized carbons (Fsp3) is 0.571. The molecule has 0 radical (unpaired) electrons. The minimum atomic E-state index is -1.71. The summed E-state index contributed by atoms with van der Waals surface area (Å²) in [4.78, 5) is 0. The van der Waals surface area contributed by atoms with Gasteiger partial charge in [-0.15, -0.1) is 0 Å². The van der Waals surface area contributed by atoms with Gasteiger partial charge in [0.05, 0.1) is 17.6 Å². The van der Waals surface area contributed by atoms with Crippen LogP contribution in [-0.2, 0) is 16.5 Å². The fourth-order valence-corrected chi connectivity index (χ4v) is 3.05. The predicted molar refractivity (Wildman–Crippen MR) is 76.8 cm³/mol. The second kappa shape index (κ2) is 7.24. The van der Waals surface area contributed by atoms with Gasteiger partial charge >= 0.3 is 0 Å². The minimum Gasteiger partial charge on any atom is -0.394 e. The first-order valence-electron chi connectivity index (χ1n) is 6.57. The summed E-state index contributed by atoms with van der Waals surface area (Å²) in [6, 6.07) is 5.62. The van der Waals surface area contributed by atoms with E-state index in [0.29, 0.717) is 6.42 Å². The van der Waals surface area contributed by atoms with Crippen molar-refractivity contribution in [2.75, 3.05) is 6.61 Å². The van der Waals surface area contributed by atoms with E-state index in [2.05, 4.69) is 4.72 Å². The quantitative estimate of drug-likeness (QED) is 0.813. The lowest BCUT2D eigenvalue weighted by molar-refractivity contribution is 0.0999. The molecule has 1 aromatic carbocycles. The van der Waals surface area contributed by atoms with Gasteiger partial charge in [0.15, 0.2) is 0 Å². The Morgan fingerprint density at radius 2 is 2.00 bits per heavy atom. The number of rotatable bonds is 7. The summed E-state index contributed by atoms with van der Waals surface area (Å²) in [5, 5.41) is 9.39. The molecular weight excluding hydrogens is 284 g/mol. The Bertz CT molecular complexity index is 470. The summed E-state index contributed by atoms with van der Waals surface area (Å²) >= 11 is 0. The van der Waals surface area contributed by atoms with Crippen LogP contribution in [0, 0.1) is 5.82 Å². The number of aliphatic hydroxyl groups excluding tert-OH is 1. The highest BCUT2D eigenvalue weighted by Gasteiger charge is 2.42. The van der Waals surface area contributed by atoms with Gasteiger partial charge in [-0.2, -0.15) is 0 Å². The Balaban J connectivity index is 3.24. The first-order chi connectivity index (χ1) is 9.39. The number of hydrogen-bond donors (Lipinski definition) is 2. The topological polar surface area (TPSA) is 49.3 Å². The SMILES string of the molecule is CC[C@@H](C)S(=O)N[C@@](CO)(c1ccccc1F)[C@@H](C)F.